The number of aromatic amines is 1. The first-order valence-corrected chi connectivity index (χ1v) is 15.2. The van der Waals surface area contributed by atoms with Crippen LogP contribution in [0.25, 0.3) is 11.2 Å². The van der Waals surface area contributed by atoms with Crippen LogP contribution >= 0.6 is 0 Å². The topological polar surface area (TPSA) is 97.3 Å². The SMILES string of the molecule is COc1cc(C)[nH]c(=O)c1CNC(=O)c1cc2c(C3=CCC(C)N(C)N3)ccn2c(C(C)N2CCN(CC(F)(F)F)CC2)c1C. The van der Waals surface area contributed by atoms with Crippen LogP contribution in [0.5, 0.6) is 5.75 Å². The number of hydrogen-bond donors (Lipinski definition) is 3. The van der Waals surface area contributed by atoms with Crippen LogP contribution in [0, 0.1) is 13.8 Å². The van der Waals surface area contributed by atoms with Crippen LogP contribution < -0.4 is 21.0 Å². The molecule has 1 saturated heterocycles. The molecule has 0 aliphatic carbocycles. The number of nitrogens with zero attached hydrogens (tertiary/aromatic N) is 4. The van der Waals surface area contributed by atoms with E-state index in [-0.39, 0.29) is 24.1 Å². The number of pyridine rings is 2. The Bertz CT molecular complexity index is 1650. The Balaban J connectivity index is 1.51. The first-order valence-electron chi connectivity index (χ1n) is 15.2. The molecule has 5 heterocycles. The molecule has 0 radical (unpaired) electrons. The number of aromatic nitrogens is 2. The molecule has 10 nitrogen and oxygen atoms in total. The van der Waals surface area contributed by atoms with Crippen LogP contribution in [0.15, 0.2) is 35.3 Å². The molecule has 0 bridgehead atoms. The van der Waals surface area contributed by atoms with Crippen molar-refractivity contribution in [2.45, 2.75) is 58.9 Å². The maximum Gasteiger partial charge on any atom is 0.401 e. The van der Waals surface area contributed by atoms with Gasteiger partial charge in [0.1, 0.15) is 5.75 Å². The molecule has 3 aromatic heterocycles. The third-order valence-electron chi connectivity index (χ3n) is 9.04. The highest BCUT2D eigenvalue weighted by Gasteiger charge is 2.34. The summed E-state index contributed by atoms with van der Waals surface area (Å²) in [6.45, 7) is 8.41. The number of amides is 1. The molecule has 45 heavy (non-hydrogen) atoms. The lowest BCUT2D eigenvalue weighted by molar-refractivity contribution is -0.149. The van der Waals surface area contributed by atoms with E-state index in [0.29, 0.717) is 54.8 Å². The molecule has 0 saturated carbocycles. The molecule has 5 rings (SSSR count). The molecule has 2 unspecified atom stereocenters. The molecular weight excluding hydrogens is 587 g/mol. The van der Waals surface area contributed by atoms with E-state index in [1.54, 1.807) is 13.0 Å². The zero-order valence-corrected chi connectivity index (χ0v) is 26.6. The van der Waals surface area contributed by atoms with E-state index in [4.69, 9.17) is 4.74 Å². The van der Waals surface area contributed by atoms with Crippen LogP contribution in [0.3, 0.4) is 0 Å². The Hall–Kier alpha value is -3.81. The quantitative estimate of drug-likeness (QED) is 0.347. The largest absolute Gasteiger partial charge is 0.496 e. The van der Waals surface area contributed by atoms with Gasteiger partial charge in [-0.2, -0.15) is 13.2 Å². The molecule has 0 aromatic carbocycles. The fourth-order valence-electron chi connectivity index (χ4n) is 6.34. The van der Waals surface area contributed by atoms with Crippen molar-refractivity contribution < 1.29 is 22.7 Å². The number of ether oxygens (including phenoxy) is 1. The smallest absolute Gasteiger partial charge is 0.401 e. The number of H-pyrrole nitrogens is 1. The molecule has 2 aliphatic heterocycles. The van der Waals surface area contributed by atoms with E-state index in [2.05, 4.69) is 43.0 Å². The Morgan fingerprint density at radius 1 is 1.18 bits per heavy atom. The average molecular weight is 630 g/mol. The Morgan fingerprint density at radius 3 is 2.53 bits per heavy atom. The van der Waals surface area contributed by atoms with Gasteiger partial charge in [0.2, 0.25) is 0 Å². The summed E-state index contributed by atoms with van der Waals surface area (Å²) in [6.07, 6.45) is 0.760. The molecule has 0 spiro atoms. The summed E-state index contributed by atoms with van der Waals surface area (Å²) in [5.41, 5.74) is 8.88. The zero-order chi connectivity index (χ0) is 32.6. The van der Waals surface area contributed by atoms with Gasteiger partial charge in [-0.3, -0.25) is 19.4 Å². The van der Waals surface area contributed by atoms with Gasteiger partial charge in [0.05, 0.1) is 37.0 Å². The number of hydrogen-bond acceptors (Lipinski definition) is 7. The van der Waals surface area contributed by atoms with E-state index < -0.39 is 12.7 Å². The number of piperazine rings is 1. The highest BCUT2D eigenvalue weighted by molar-refractivity contribution is 5.98. The van der Waals surface area contributed by atoms with Crippen molar-refractivity contribution in [1.29, 1.82) is 0 Å². The standard InChI is InChI=1S/C32H42F3N7O3/c1-19-15-28(45-6)25(31(44)37-19)17-36-30(43)24-16-27-23(26-8-7-20(2)39(5)38-26)9-10-42(27)29(21(24)3)22(4)41-13-11-40(12-14-41)18-32(33,34)35/h8-10,15-16,20,22,38H,7,11-14,17-18H2,1-6H3,(H,36,43)(H,37,44). The van der Waals surface area contributed by atoms with E-state index in [1.807, 2.05) is 39.2 Å². The Kier molecular flexibility index (Phi) is 9.33. The van der Waals surface area contributed by atoms with E-state index in [1.165, 1.54) is 12.0 Å². The number of alkyl halides is 3. The molecule has 2 aliphatic rings. The van der Waals surface area contributed by atoms with Crippen molar-refractivity contribution in [2.75, 3.05) is 46.9 Å². The predicted octanol–water partition coefficient (Wildman–Crippen LogP) is 3.99. The third-order valence-corrected chi connectivity index (χ3v) is 9.04. The number of methoxy groups -OCH3 is 1. The number of rotatable bonds is 8. The van der Waals surface area contributed by atoms with Gasteiger partial charge in [-0.05, 0) is 57.9 Å². The highest BCUT2D eigenvalue weighted by atomic mass is 19.4. The maximum absolute atomic E-state index is 13.9. The highest BCUT2D eigenvalue weighted by Crippen LogP contribution is 2.33. The minimum absolute atomic E-state index is 0.0302. The lowest BCUT2D eigenvalue weighted by Gasteiger charge is -2.39. The average Bonchev–Trinajstić information content (AvgIpc) is 3.40. The summed E-state index contributed by atoms with van der Waals surface area (Å²) in [6, 6.07) is 5.73. The molecule has 1 amide bonds. The van der Waals surface area contributed by atoms with Gasteiger partial charge in [-0.15, -0.1) is 0 Å². The molecule has 3 N–H and O–H groups in total. The molecule has 1 fully saturated rings. The minimum atomic E-state index is -4.24. The monoisotopic (exact) mass is 629 g/mol. The van der Waals surface area contributed by atoms with Crippen LogP contribution in [0.2, 0.25) is 0 Å². The Morgan fingerprint density at radius 2 is 1.89 bits per heavy atom. The van der Waals surface area contributed by atoms with Gasteiger partial charge in [0.15, 0.2) is 0 Å². The molecule has 244 valence electrons. The number of carbonyl (C=O) groups excluding carboxylic acids is 1. The van der Waals surface area contributed by atoms with E-state index >= 15 is 0 Å². The first-order chi connectivity index (χ1) is 21.3. The fraction of sp³-hybridized carbons (Fsp3) is 0.500. The number of fused-ring (bicyclic) bond motifs is 1. The second kappa shape index (κ2) is 12.9. The lowest BCUT2D eigenvalue weighted by atomic mass is 9.99. The van der Waals surface area contributed by atoms with Crippen molar-refractivity contribution in [2.24, 2.45) is 0 Å². The lowest BCUT2D eigenvalue weighted by Crippen LogP contribution is -2.50. The zero-order valence-electron chi connectivity index (χ0n) is 26.6. The summed E-state index contributed by atoms with van der Waals surface area (Å²) in [4.78, 5) is 32.9. The number of halogens is 3. The summed E-state index contributed by atoms with van der Waals surface area (Å²) in [5, 5.41) is 4.97. The van der Waals surface area contributed by atoms with Gasteiger partial charge in [-0.1, -0.05) is 6.08 Å². The molecule has 2 atom stereocenters. The van der Waals surface area contributed by atoms with Crippen molar-refractivity contribution in [1.82, 2.24) is 34.9 Å². The Labute approximate surface area is 260 Å². The summed E-state index contributed by atoms with van der Waals surface area (Å²) in [5.74, 6) is 0.0502. The van der Waals surface area contributed by atoms with Gasteiger partial charge >= 0.3 is 6.18 Å². The first kappa shape index (κ1) is 32.6. The van der Waals surface area contributed by atoms with Gasteiger partial charge in [-0.25, -0.2) is 5.01 Å². The van der Waals surface area contributed by atoms with Crippen molar-refractivity contribution in [3.05, 3.63) is 74.5 Å². The van der Waals surface area contributed by atoms with Crippen molar-refractivity contribution in [3.63, 3.8) is 0 Å². The number of hydrazine groups is 1. The summed E-state index contributed by atoms with van der Waals surface area (Å²) >= 11 is 0. The second-order valence-corrected chi connectivity index (χ2v) is 12.1. The van der Waals surface area contributed by atoms with Crippen LogP contribution in [0.1, 0.15) is 64.7 Å². The normalized spacial score (nSPS) is 19.3. The van der Waals surface area contributed by atoms with E-state index in [0.717, 1.165) is 34.5 Å². The van der Waals surface area contributed by atoms with Crippen molar-refractivity contribution >= 4 is 17.1 Å². The van der Waals surface area contributed by atoms with Crippen LogP contribution in [-0.4, -0.2) is 89.2 Å². The van der Waals surface area contributed by atoms with Gasteiger partial charge in [0.25, 0.3) is 11.5 Å². The van der Waals surface area contributed by atoms with Gasteiger partial charge < -0.3 is 24.9 Å². The molecular formula is C32H42F3N7O3. The number of aryl methyl sites for hydroxylation is 1. The van der Waals surface area contributed by atoms with Crippen LogP contribution in [0.4, 0.5) is 13.2 Å². The summed E-state index contributed by atoms with van der Waals surface area (Å²) in [7, 11) is 3.47. The van der Waals surface area contributed by atoms with Crippen LogP contribution in [-0.2, 0) is 6.54 Å². The van der Waals surface area contributed by atoms with E-state index in [9.17, 15) is 22.8 Å². The van der Waals surface area contributed by atoms with Gasteiger partial charge in [0, 0.05) is 74.0 Å². The minimum Gasteiger partial charge on any atom is -0.496 e. The molecule has 3 aromatic rings. The molecule has 13 heteroatoms. The summed E-state index contributed by atoms with van der Waals surface area (Å²) < 4.78 is 46.6. The number of nitrogens with one attached hydrogen (secondary N) is 3. The number of carbonyl (C=O) groups is 1. The second-order valence-electron chi connectivity index (χ2n) is 12.1. The van der Waals surface area contributed by atoms with Crippen molar-refractivity contribution in [3.8, 4) is 5.75 Å². The predicted molar refractivity (Wildman–Crippen MR) is 167 cm³/mol. The third kappa shape index (κ3) is 6.90. The maximum atomic E-state index is 13.9. The fourth-order valence-corrected chi connectivity index (χ4v) is 6.34.